The van der Waals surface area contributed by atoms with Crippen LogP contribution < -0.4 is 0 Å². The Bertz CT molecular complexity index is 258. The van der Waals surface area contributed by atoms with Crippen molar-refractivity contribution in [2.24, 2.45) is 0 Å². The molecule has 92 valence electrons. The van der Waals surface area contributed by atoms with Crippen LogP contribution in [0, 0.1) is 0 Å². The second-order valence-electron chi connectivity index (χ2n) is 3.92. The molecular weight excluding hydrogens is 216 g/mol. The van der Waals surface area contributed by atoms with Crippen molar-refractivity contribution in [3.8, 4) is 0 Å². The molecule has 1 rings (SSSR count). The van der Waals surface area contributed by atoms with Gasteiger partial charge in [0.15, 0.2) is 12.2 Å². The van der Waals surface area contributed by atoms with Gasteiger partial charge in [-0.2, -0.15) is 0 Å². The number of hydrogen-bond acceptors (Lipinski definition) is 5. The highest BCUT2D eigenvalue weighted by atomic mass is 16.6. The van der Waals surface area contributed by atoms with Crippen LogP contribution >= 0.6 is 0 Å². The Hall–Kier alpha value is -1.14. The number of aliphatic hydroxyl groups excluding tert-OH is 2. The smallest absolute Gasteiger partial charge is 0.338 e. The summed E-state index contributed by atoms with van der Waals surface area (Å²) in [7, 11) is 0. The molecule has 0 bridgehead atoms. The number of aliphatic carboxylic acids is 1. The van der Waals surface area contributed by atoms with E-state index in [1.807, 2.05) is 0 Å². The predicted molar refractivity (Wildman–Crippen MR) is 52.6 cm³/mol. The third-order valence-electron chi connectivity index (χ3n) is 2.63. The van der Waals surface area contributed by atoms with E-state index in [1.165, 1.54) is 0 Å². The summed E-state index contributed by atoms with van der Waals surface area (Å²) in [6.07, 6.45) is 0.0373. The van der Waals surface area contributed by atoms with Crippen molar-refractivity contribution >= 4 is 11.9 Å². The Balaban J connectivity index is 2.41. The standard InChI is InChI=1S/C10H16O6/c11-7(9(13)14)8(12)10(15)16-6-4-2-1-3-5-6/h6-8,11-12H,1-5H2,(H,13,14). The van der Waals surface area contributed by atoms with Crippen molar-refractivity contribution in [1.29, 1.82) is 0 Å². The molecule has 16 heavy (non-hydrogen) atoms. The van der Waals surface area contributed by atoms with Crippen LogP contribution in [0.15, 0.2) is 0 Å². The second-order valence-corrected chi connectivity index (χ2v) is 3.92. The maximum atomic E-state index is 11.3. The number of aliphatic hydroxyl groups is 2. The van der Waals surface area contributed by atoms with Gasteiger partial charge in [-0.05, 0) is 25.7 Å². The van der Waals surface area contributed by atoms with Gasteiger partial charge in [-0.25, -0.2) is 9.59 Å². The first-order valence-electron chi connectivity index (χ1n) is 5.32. The Morgan fingerprint density at radius 1 is 1.06 bits per heavy atom. The molecule has 1 fully saturated rings. The minimum Gasteiger partial charge on any atom is -0.479 e. The lowest BCUT2D eigenvalue weighted by Crippen LogP contribution is -2.42. The minimum atomic E-state index is -2.13. The highest BCUT2D eigenvalue weighted by molar-refractivity contribution is 5.84. The lowest BCUT2D eigenvalue weighted by atomic mass is 9.98. The zero-order valence-electron chi connectivity index (χ0n) is 8.83. The van der Waals surface area contributed by atoms with Crippen molar-refractivity contribution < 1.29 is 29.6 Å². The average molecular weight is 232 g/mol. The Morgan fingerprint density at radius 3 is 2.12 bits per heavy atom. The van der Waals surface area contributed by atoms with E-state index >= 15 is 0 Å². The zero-order chi connectivity index (χ0) is 12.1. The van der Waals surface area contributed by atoms with Crippen LogP contribution in [0.5, 0.6) is 0 Å². The van der Waals surface area contributed by atoms with Gasteiger partial charge < -0.3 is 20.1 Å². The van der Waals surface area contributed by atoms with E-state index in [4.69, 9.17) is 14.9 Å². The summed E-state index contributed by atoms with van der Waals surface area (Å²) in [6.45, 7) is 0. The number of carbonyl (C=O) groups excluding carboxylic acids is 1. The summed E-state index contributed by atoms with van der Waals surface area (Å²) < 4.78 is 4.91. The highest BCUT2D eigenvalue weighted by Gasteiger charge is 2.33. The fraction of sp³-hybridized carbons (Fsp3) is 0.800. The van der Waals surface area contributed by atoms with Gasteiger partial charge in [0.05, 0.1) is 0 Å². The maximum absolute atomic E-state index is 11.3. The Labute approximate surface area is 92.8 Å². The summed E-state index contributed by atoms with van der Waals surface area (Å²) in [6, 6.07) is 0. The molecule has 0 heterocycles. The minimum absolute atomic E-state index is 0.267. The van der Waals surface area contributed by atoms with Crippen LogP contribution in [0.1, 0.15) is 32.1 Å². The monoisotopic (exact) mass is 232 g/mol. The van der Waals surface area contributed by atoms with Crippen LogP contribution in [-0.2, 0) is 14.3 Å². The first-order chi connectivity index (χ1) is 7.52. The molecule has 0 amide bonds. The van der Waals surface area contributed by atoms with Gasteiger partial charge in [0.1, 0.15) is 6.10 Å². The van der Waals surface area contributed by atoms with E-state index in [-0.39, 0.29) is 6.10 Å². The van der Waals surface area contributed by atoms with Crippen molar-refractivity contribution in [1.82, 2.24) is 0 Å². The van der Waals surface area contributed by atoms with Crippen molar-refractivity contribution in [3.63, 3.8) is 0 Å². The molecule has 0 spiro atoms. The number of ether oxygens (including phenoxy) is 1. The summed E-state index contributed by atoms with van der Waals surface area (Å²) >= 11 is 0. The predicted octanol–water partition coefficient (Wildman–Crippen LogP) is -0.331. The van der Waals surface area contributed by atoms with Crippen LogP contribution in [0.3, 0.4) is 0 Å². The molecule has 2 unspecified atom stereocenters. The van der Waals surface area contributed by atoms with E-state index in [2.05, 4.69) is 0 Å². The molecule has 0 saturated heterocycles. The van der Waals surface area contributed by atoms with Crippen molar-refractivity contribution in [2.45, 2.75) is 50.4 Å². The van der Waals surface area contributed by atoms with Gasteiger partial charge >= 0.3 is 11.9 Å². The average Bonchev–Trinajstić information content (AvgIpc) is 2.28. The molecule has 1 aliphatic carbocycles. The van der Waals surface area contributed by atoms with Gasteiger partial charge in [0.2, 0.25) is 0 Å². The SMILES string of the molecule is O=C(O)C(O)C(O)C(=O)OC1CCCCC1. The van der Waals surface area contributed by atoms with Crippen molar-refractivity contribution in [3.05, 3.63) is 0 Å². The van der Waals surface area contributed by atoms with Gasteiger partial charge in [-0.3, -0.25) is 0 Å². The Kier molecular flexibility index (Phi) is 4.70. The zero-order valence-corrected chi connectivity index (χ0v) is 8.83. The molecule has 1 saturated carbocycles. The van der Waals surface area contributed by atoms with E-state index in [9.17, 15) is 14.7 Å². The van der Waals surface area contributed by atoms with E-state index in [1.54, 1.807) is 0 Å². The van der Waals surface area contributed by atoms with E-state index in [0.29, 0.717) is 0 Å². The topological polar surface area (TPSA) is 104 Å². The van der Waals surface area contributed by atoms with Crippen molar-refractivity contribution in [2.75, 3.05) is 0 Å². The number of carboxylic acid groups (broad SMARTS) is 1. The van der Waals surface area contributed by atoms with Gasteiger partial charge in [-0.1, -0.05) is 6.42 Å². The van der Waals surface area contributed by atoms with Crippen LogP contribution in [0.4, 0.5) is 0 Å². The molecule has 3 N–H and O–H groups in total. The van der Waals surface area contributed by atoms with Gasteiger partial charge in [-0.15, -0.1) is 0 Å². The number of hydrogen-bond donors (Lipinski definition) is 3. The summed E-state index contributed by atoms with van der Waals surface area (Å²) in [5.74, 6) is -2.71. The maximum Gasteiger partial charge on any atom is 0.338 e. The summed E-state index contributed by atoms with van der Waals surface area (Å²) in [5, 5.41) is 26.5. The molecule has 2 atom stereocenters. The summed E-state index contributed by atoms with van der Waals surface area (Å²) in [5.41, 5.74) is 0. The van der Waals surface area contributed by atoms with Crippen LogP contribution in [0.2, 0.25) is 0 Å². The molecule has 0 aliphatic heterocycles. The van der Waals surface area contributed by atoms with Crippen LogP contribution in [0.25, 0.3) is 0 Å². The highest BCUT2D eigenvalue weighted by Crippen LogP contribution is 2.20. The lowest BCUT2D eigenvalue weighted by molar-refractivity contribution is -0.174. The molecule has 0 aromatic rings. The molecule has 0 aromatic heterocycles. The number of carboxylic acids is 1. The quantitative estimate of drug-likeness (QED) is 0.573. The van der Waals surface area contributed by atoms with E-state index < -0.39 is 24.1 Å². The normalized spacial score (nSPS) is 21.1. The molecule has 0 radical (unpaired) electrons. The van der Waals surface area contributed by atoms with E-state index in [0.717, 1.165) is 32.1 Å². The molecule has 6 nitrogen and oxygen atoms in total. The van der Waals surface area contributed by atoms with Gasteiger partial charge in [0, 0.05) is 0 Å². The number of carbonyl (C=O) groups is 2. The second kappa shape index (κ2) is 5.81. The molecule has 1 aliphatic rings. The molecule has 6 heteroatoms. The first kappa shape index (κ1) is 12.9. The fourth-order valence-corrected chi connectivity index (χ4v) is 1.68. The number of esters is 1. The number of rotatable bonds is 4. The largest absolute Gasteiger partial charge is 0.479 e. The van der Waals surface area contributed by atoms with Gasteiger partial charge in [0.25, 0.3) is 0 Å². The summed E-state index contributed by atoms with van der Waals surface area (Å²) in [4.78, 5) is 21.6. The van der Waals surface area contributed by atoms with Crippen LogP contribution in [-0.4, -0.2) is 45.6 Å². The fourth-order valence-electron chi connectivity index (χ4n) is 1.68. The molecular formula is C10H16O6. The first-order valence-corrected chi connectivity index (χ1v) is 5.32. The Morgan fingerprint density at radius 2 is 1.62 bits per heavy atom. The third kappa shape index (κ3) is 3.46. The third-order valence-corrected chi connectivity index (χ3v) is 2.63. The molecule has 0 aromatic carbocycles. The lowest BCUT2D eigenvalue weighted by Gasteiger charge is -2.23.